The molecule has 0 rings (SSSR count). The molecule has 0 aromatic carbocycles. The second kappa shape index (κ2) is 11.4. The average molecular weight is 320 g/mol. The third-order valence-corrected chi connectivity index (χ3v) is 3.53. The quantitative estimate of drug-likeness (QED) is 0.515. The van der Waals surface area contributed by atoms with E-state index in [1.165, 1.54) is 0 Å². The Bertz CT molecular complexity index is 266. The van der Waals surface area contributed by atoms with Gasteiger partial charge < -0.3 is 24.4 Å². The summed E-state index contributed by atoms with van der Waals surface area (Å²) in [6.07, 6.45) is 2.91. The molecule has 2 N–H and O–H groups in total. The Hall–Kier alpha value is -0.200. The van der Waals surface area contributed by atoms with E-state index in [-0.39, 0.29) is 30.5 Å². The van der Waals surface area contributed by atoms with Crippen LogP contribution in [0.5, 0.6) is 0 Å². The first-order valence-corrected chi connectivity index (χ1v) is 8.37. The lowest BCUT2D eigenvalue weighted by atomic mass is 10.0. The highest BCUT2D eigenvalue weighted by Gasteiger charge is 2.26. The van der Waals surface area contributed by atoms with E-state index in [9.17, 15) is 0 Å². The molecule has 0 amide bonds. The molecule has 5 nitrogen and oxygen atoms in total. The highest BCUT2D eigenvalue weighted by molar-refractivity contribution is 4.74. The van der Waals surface area contributed by atoms with Gasteiger partial charge in [0.05, 0.1) is 24.4 Å². The SMILES string of the molecule is CCOCC(COC(C)(C)CCCO)OC(C)(C)CCCO. The second-order valence-corrected chi connectivity index (χ2v) is 6.88. The van der Waals surface area contributed by atoms with Gasteiger partial charge in [0.15, 0.2) is 0 Å². The van der Waals surface area contributed by atoms with Crippen molar-refractivity contribution in [3.8, 4) is 0 Å². The summed E-state index contributed by atoms with van der Waals surface area (Å²) in [6, 6.07) is 0. The first kappa shape index (κ1) is 21.8. The van der Waals surface area contributed by atoms with Crippen LogP contribution in [0.1, 0.15) is 60.3 Å². The Morgan fingerprint density at radius 2 is 1.41 bits per heavy atom. The Morgan fingerprint density at radius 3 is 1.91 bits per heavy atom. The van der Waals surface area contributed by atoms with Crippen LogP contribution in [0.2, 0.25) is 0 Å². The number of hydrogen-bond donors (Lipinski definition) is 2. The maximum atomic E-state index is 8.97. The Balaban J connectivity index is 4.44. The molecule has 0 fully saturated rings. The molecule has 0 aliphatic carbocycles. The highest BCUT2D eigenvalue weighted by atomic mass is 16.6. The minimum atomic E-state index is -0.316. The van der Waals surface area contributed by atoms with Crippen LogP contribution in [0.3, 0.4) is 0 Å². The lowest BCUT2D eigenvalue weighted by Gasteiger charge is -2.33. The van der Waals surface area contributed by atoms with Gasteiger partial charge in [-0.3, -0.25) is 0 Å². The summed E-state index contributed by atoms with van der Waals surface area (Å²) in [6.45, 7) is 12.0. The van der Waals surface area contributed by atoms with Crippen LogP contribution in [0.25, 0.3) is 0 Å². The standard InChI is InChI=1S/C17H36O5/c1-6-20-13-15(22-17(4,5)10-8-12-19)14-21-16(2,3)9-7-11-18/h15,18-19H,6-14H2,1-5H3. The van der Waals surface area contributed by atoms with E-state index in [1.807, 2.05) is 34.6 Å². The third kappa shape index (κ3) is 11.4. The van der Waals surface area contributed by atoms with E-state index in [0.29, 0.717) is 19.8 Å². The van der Waals surface area contributed by atoms with Crippen molar-refractivity contribution in [2.45, 2.75) is 77.6 Å². The van der Waals surface area contributed by atoms with E-state index in [4.69, 9.17) is 24.4 Å². The minimum Gasteiger partial charge on any atom is -0.396 e. The second-order valence-electron chi connectivity index (χ2n) is 6.88. The van der Waals surface area contributed by atoms with Crippen molar-refractivity contribution in [3.05, 3.63) is 0 Å². The minimum absolute atomic E-state index is 0.137. The molecule has 0 aliphatic heterocycles. The lowest BCUT2D eigenvalue weighted by Crippen LogP contribution is -2.39. The zero-order chi connectivity index (χ0) is 17.1. The molecule has 0 saturated heterocycles. The smallest absolute Gasteiger partial charge is 0.105 e. The maximum absolute atomic E-state index is 8.97. The predicted octanol–water partition coefficient (Wildman–Crippen LogP) is 2.53. The Kier molecular flexibility index (Phi) is 11.3. The van der Waals surface area contributed by atoms with Crippen molar-refractivity contribution >= 4 is 0 Å². The molecule has 0 heterocycles. The normalized spacial score (nSPS) is 14.3. The summed E-state index contributed by atoms with van der Waals surface area (Å²) in [4.78, 5) is 0. The van der Waals surface area contributed by atoms with Gasteiger partial charge in [0.1, 0.15) is 6.10 Å². The summed E-state index contributed by atoms with van der Waals surface area (Å²) in [5, 5.41) is 17.9. The van der Waals surface area contributed by atoms with Crippen molar-refractivity contribution in [1.82, 2.24) is 0 Å². The van der Waals surface area contributed by atoms with Crippen LogP contribution in [0.4, 0.5) is 0 Å². The molecule has 0 aromatic heterocycles. The van der Waals surface area contributed by atoms with Gasteiger partial charge in [-0.1, -0.05) is 0 Å². The van der Waals surface area contributed by atoms with E-state index < -0.39 is 0 Å². The van der Waals surface area contributed by atoms with Crippen LogP contribution >= 0.6 is 0 Å². The first-order chi connectivity index (χ1) is 10.3. The Morgan fingerprint density at radius 1 is 0.864 bits per heavy atom. The highest BCUT2D eigenvalue weighted by Crippen LogP contribution is 2.22. The van der Waals surface area contributed by atoms with Crippen molar-refractivity contribution in [1.29, 1.82) is 0 Å². The monoisotopic (exact) mass is 320 g/mol. The van der Waals surface area contributed by atoms with Crippen molar-refractivity contribution in [2.24, 2.45) is 0 Å². The molecule has 0 aromatic rings. The number of hydrogen-bond acceptors (Lipinski definition) is 5. The van der Waals surface area contributed by atoms with Crippen LogP contribution in [-0.2, 0) is 14.2 Å². The average Bonchev–Trinajstić information content (AvgIpc) is 2.46. The molecule has 0 aliphatic rings. The van der Waals surface area contributed by atoms with Gasteiger partial charge in [-0.2, -0.15) is 0 Å². The topological polar surface area (TPSA) is 68.2 Å². The molecule has 0 radical (unpaired) electrons. The van der Waals surface area contributed by atoms with Gasteiger partial charge in [0.25, 0.3) is 0 Å². The van der Waals surface area contributed by atoms with E-state index in [2.05, 4.69) is 0 Å². The number of aliphatic hydroxyl groups excluding tert-OH is 2. The zero-order valence-electron chi connectivity index (χ0n) is 15.1. The fourth-order valence-electron chi connectivity index (χ4n) is 2.28. The van der Waals surface area contributed by atoms with E-state index in [0.717, 1.165) is 25.7 Å². The molecular weight excluding hydrogens is 284 g/mol. The summed E-state index contributed by atoms with van der Waals surface area (Å²) in [5.41, 5.74) is -0.602. The van der Waals surface area contributed by atoms with Crippen LogP contribution in [0, 0.1) is 0 Å². The number of aliphatic hydroxyl groups is 2. The molecule has 0 saturated carbocycles. The fourth-order valence-corrected chi connectivity index (χ4v) is 2.28. The molecular formula is C17H36O5. The molecule has 1 atom stereocenters. The first-order valence-electron chi connectivity index (χ1n) is 8.37. The van der Waals surface area contributed by atoms with Crippen LogP contribution in [-0.4, -0.2) is 60.6 Å². The summed E-state index contributed by atoms with van der Waals surface area (Å²) in [7, 11) is 0. The van der Waals surface area contributed by atoms with Crippen molar-refractivity contribution in [3.63, 3.8) is 0 Å². The predicted molar refractivity (Wildman–Crippen MR) is 88.1 cm³/mol. The molecule has 5 heteroatoms. The summed E-state index contributed by atoms with van der Waals surface area (Å²) < 4.78 is 17.6. The Labute approximate surface area is 136 Å². The van der Waals surface area contributed by atoms with Crippen LogP contribution in [0.15, 0.2) is 0 Å². The largest absolute Gasteiger partial charge is 0.396 e. The maximum Gasteiger partial charge on any atom is 0.105 e. The molecule has 0 bridgehead atoms. The molecule has 22 heavy (non-hydrogen) atoms. The lowest BCUT2D eigenvalue weighted by molar-refractivity contribution is -0.152. The van der Waals surface area contributed by atoms with Crippen molar-refractivity contribution in [2.75, 3.05) is 33.0 Å². The van der Waals surface area contributed by atoms with Gasteiger partial charge in [-0.15, -0.1) is 0 Å². The van der Waals surface area contributed by atoms with E-state index >= 15 is 0 Å². The molecule has 134 valence electrons. The molecule has 1 unspecified atom stereocenters. The summed E-state index contributed by atoms with van der Waals surface area (Å²) >= 11 is 0. The van der Waals surface area contributed by atoms with E-state index in [1.54, 1.807) is 0 Å². The molecule has 0 spiro atoms. The third-order valence-electron chi connectivity index (χ3n) is 3.53. The van der Waals surface area contributed by atoms with Gasteiger partial charge in [-0.25, -0.2) is 0 Å². The van der Waals surface area contributed by atoms with Gasteiger partial charge >= 0.3 is 0 Å². The fraction of sp³-hybridized carbons (Fsp3) is 1.00. The van der Waals surface area contributed by atoms with Gasteiger partial charge in [0, 0.05) is 19.8 Å². The zero-order valence-corrected chi connectivity index (χ0v) is 15.1. The summed E-state index contributed by atoms with van der Waals surface area (Å²) in [5.74, 6) is 0. The van der Waals surface area contributed by atoms with Crippen LogP contribution < -0.4 is 0 Å². The number of rotatable bonds is 14. The van der Waals surface area contributed by atoms with Crippen molar-refractivity contribution < 1.29 is 24.4 Å². The van der Waals surface area contributed by atoms with Gasteiger partial charge in [-0.05, 0) is 60.3 Å². The number of ether oxygens (including phenoxy) is 3. The van der Waals surface area contributed by atoms with Gasteiger partial charge in [0.2, 0.25) is 0 Å².